The van der Waals surface area contributed by atoms with Crippen molar-refractivity contribution in [2.75, 3.05) is 13.2 Å². The van der Waals surface area contributed by atoms with Crippen molar-refractivity contribution in [2.24, 2.45) is 0 Å². The summed E-state index contributed by atoms with van der Waals surface area (Å²) in [5.41, 5.74) is 0. The van der Waals surface area contributed by atoms with Crippen LogP contribution in [0.5, 0.6) is 5.75 Å². The Morgan fingerprint density at radius 3 is 2.83 bits per heavy atom. The van der Waals surface area contributed by atoms with Gasteiger partial charge < -0.3 is 15.2 Å². The second kappa shape index (κ2) is 7.70. The summed E-state index contributed by atoms with van der Waals surface area (Å²) in [5.74, 6) is 2.27. The summed E-state index contributed by atoms with van der Waals surface area (Å²) in [6.45, 7) is 2.30. The molecule has 0 heterocycles. The number of ether oxygens (including phenoxy) is 1. The third kappa shape index (κ3) is 4.74. The van der Waals surface area contributed by atoms with Crippen LogP contribution in [0.2, 0.25) is 0 Å². The van der Waals surface area contributed by atoms with Crippen LogP contribution in [-0.4, -0.2) is 30.4 Å². The third-order valence-corrected chi connectivity index (χ3v) is 2.48. The van der Waals surface area contributed by atoms with Gasteiger partial charge in [0.05, 0.1) is 6.04 Å². The maximum atomic E-state index is 13.2. The number of halogens is 1. The molecule has 0 aliphatic carbocycles. The Balaban J connectivity index is 2.31. The molecule has 0 saturated carbocycles. The number of terminal acetylenes is 1. The Morgan fingerprint density at radius 2 is 2.22 bits per heavy atom. The molecule has 2 unspecified atom stereocenters. The van der Waals surface area contributed by atoms with Crippen LogP contribution in [0.4, 0.5) is 4.39 Å². The van der Waals surface area contributed by atoms with E-state index in [0.29, 0.717) is 6.54 Å². The number of nitrogens with one attached hydrogen (secondary N) is 1. The van der Waals surface area contributed by atoms with Gasteiger partial charge >= 0.3 is 0 Å². The van der Waals surface area contributed by atoms with E-state index >= 15 is 0 Å². The highest BCUT2D eigenvalue weighted by molar-refractivity contribution is 5.23. The molecule has 18 heavy (non-hydrogen) atoms. The lowest BCUT2D eigenvalue weighted by atomic mass is 10.2. The monoisotopic (exact) mass is 251 g/mol. The van der Waals surface area contributed by atoms with Crippen LogP contribution in [0.15, 0.2) is 24.3 Å². The summed E-state index contributed by atoms with van der Waals surface area (Å²) in [7, 11) is 0. The van der Waals surface area contributed by atoms with E-state index in [1.165, 1.54) is 12.1 Å². The Hall–Kier alpha value is -1.57. The first kappa shape index (κ1) is 14.5. The molecule has 1 aromatic carbocycles. The van der Waals surface area contributed by atoms with E-state index in [9.17, 15) is 9.50 Å². The van der Waals surface area contributed by atoms with Crippen LogP contribution in [0.1, 0.15) is 13.3 Å². The molecule has 3 nitrogen and oxygen atoms in total. The summed E-state index contributed by atoms with van der Waals surface area (Å²) < 4.78 is 18.4. The van der Waals surface area contributed by atoms with E-state index < -0.39 is 11.9 Å². The van der Waals surface area contributed by atoms with Crippen LogP contribution in [-0.2, 0) is 0 Å². The SMILES string of the molecule is C#CC(CC)NCC(O)COc1ccccc1F. The van der Waals surface area contributed by atoms with Crippen molar-refractivity contribution < 1.29 is 14.2 Å². The number of hydrogen-bond donors (Lipinski definition) is 2. The van der Waals surface area contributed by atoms with E-state index in [2.05, 4.69) is 11.2 Å². The summed E-state index contributed by atoms with van der Waals surface area (Å²) in [5, 5.41) is 12.7. The highest BCUT2D eigenvalue weighted by Gasteiger charge is 2.09. The van der Waals surface area contributed by atoms with E-state index in [1.807, 2.05) is 6.92 Å². The average Bonchev–Trinajstić information content (AvgIpc) is 2.39. The quantitative estimate of drug-likeness (QED) is 0.723. The molecule has 98 valence electrons. The van der Waals surface area contributed by atoms with E-state index in [4.69, 9.17) is 11.2 Å². The van der Waals surface area contributed by atoms with Crippen LogP contribution in [0.25, 0.3) is 0 Å². The lowest BCUT2D eigenvalue weighted by Gasteiger charge is -2.16. The number of aliphatic hydroxyl groups excluding tert-OH is 1. The first-order valence-electron chi connectivity index (χ1n) is 5.92. The highest BCUT2D eigenvalue weighted by atomic mass is 19.1. The first-order chi connectivity index (χ1) is 8.67. The topological polar surface area (TPSA) is 41.5 Å². The van der Waals surface area contributed by atoms with Crippen molar-refractivity contribution in [1.29, 1.82) is 0 Å². The molecular weight excluding hydrogens is 233 g/mol. The fourth-order valence-electron chi connectivity index (χ4n) is 1.41. The Morgan fingerprint density at radius 1 is 1.50 bits per heavy atom. The smallest absolute Gasteiger partial charge is 0.165 e. The van der Waals surface area contributed by atoms with Crippen molar-refractivity contribution in [2.45, 2.75) is 25.5 Å². The minimum atomic E-state index is -0.730. The van der Waals surface area contributed by atoms with E-state index in [-0.39, 0.29) is 18.4 Å². The molecule has 0 bridgehead atoms. The van der Waals surface area contributed by atoms with Crippen LogP contribution >= 0.6 is 0 Å². The van der Waals surface area contributed by atoms with Gasteiger partial charge in [0.25, 0.3) is 0 Å². The average molecular weight is 251 g/mol. The van der Waals surface area contributed by atoms with Gasteiger partial charge in [-0.1, -0.05) is 25.0 Å². The molecule has 0 radical (unpaired) electrons. The molecule has 1 aromatic rings. The number of aliphatic hydroxyl groups is 1. The Bertz CT molecular complexity index is 403. The fourth-order valence-corrected chi connectivity index (χ4v) is 1.41. The van der Waals surface area contributed by atoms with Gasteiger partial charge in [-0.05, 0) is 18.6 Å². The summed E-state index contributed by atoms with van der Waals surface area (Å²) >= 11 is 0. The van der Waals surface area contributed by atoms with Gasteiger partial charge in [-0.25, -0.2) is 4.39 Å². The normalized spacial score (nSPS) is 13.7. The molecule has 1 rings (SSSR count). The van der Waals surface area contributed by atoms with Crippen molar-refractivity contribution in [3.05, 3.63) is 30.1 Å². The second-order valence-electron chi connectivity index (χ2n) is 3.93. The van der Waals surface area contributed by atoms with Crippen LogP contribution in [0.3, 0.4) is 0 Å². The van der Waals surface area contributed by atoms with E-state index in [1.54, 1.807) is 12.1 Å². The van der Waals surface area contributed by atoms with Crippen molar-refractivity contribution in [3.8, 4) is 18.1 Å². The van der Waals surface area contributed by atoms with Gasteiger partial charge in [-0.2, -0.15) is 0 Å². The maximum Gasteiger partial charge on any atom is 0.165 e. The zero-order chi connectivity index (χ0) is 13.4. The fraction of sp³-hybridized carbons (Fsp3) is 0.429. The Kier molecular flexibility index (Phi) is 6.20. The second-order valence-corrected chi connectivity index (χ2v) is 3.93. The maximum absolute atomic E-state index is 13.2. The molecule has 0 aromatic heterocycles. The van der Waals surface area contributed by atoms with E-state index in [0.717, 1.165) is 6.42 Å². The number of rotatable bonds is 7. The predicted octanol–water partition coefficient (Wildman–Crippen LogP) is 1.57. The summed E-state index contributed by atoms with van der Waals surface area (Å²) in [6.07, 6.45) is 5.34. The molecule has 0 amide bonds. The lowest BCUT2D eigenvalue weighted by molar-refractivity contribution is 0.103. The molecule has 2 atom stereocenters. The molecule has 0 fully saturated rings. The molecule has 4 heteroatoms. The third-order valence-electron chi connectivity index (χ3n) is 2.48. The van der Waals surface area contributed by atoms with Gasteiger partial charge in [-0.3, -0.25) is 0 Å². The molecule has 0 spiro atoms. The molecular formula is C14H18FNO2. The minimum absolute atomic E-state index is 0.0228. The van der Waals surface area contributed by atoms with Crippen LogP contribution in [0, 0.1) is 18.2 Å². The van der Waals surface area contributed by atoms with Crippen molar-refractivity contribution in [3.63, 3.8) is 0 Å². The standard InChI is InChI=1S/C14H18FNO2/c1-3-11(4-2)16-9-12(17)10-18-14-8-6-5-7-13(14)15/h1,5-8,11-12,16-17H,4,9-10H2,2H3. The number of para-hydroxylation sites is 1. The molecule has 0 aliphatic rings. The van der Waals surface area contributed by atoms with Crippen molar-refractivity contribution in [1.82, 2.24) is 5.32 Å². The zero-order valence-corrected chi connectivity index (χ0v) is 10.4. The summed E-state index contributed by atoms with van der Waals surface area (Å²) in [4.78, 5) is 0. The van der Waals surface area contributed by atoms with Gasteiger partial charge in [0.15, 0.2) is 11.6 Å². The molecule has 2 N–H and O–H groups in total. The van der Waals surface area contributed by atoms with Crippen molar-refractivity contribution >= 4 is 0 Å². The minimum Gasteiger partial charge on any atom is -0.488 e. The molecule has 0 aliphatic heterocycles. The largest absolute Gasteiger partial charge is 0.488 e. The zero-order valence-electron chi connectivity index (χ0n) is 10.4. The predicted molar refractivity (Wildman–Crippen MR) is 68.8 cm³/mol. The first-order valence-corrected chi connectivity index (χ1v) is 5.92. The summed E-state index contributed by atoms with van der Waals surface area (Å²) in [6, 6.07) is 6.03. The number of benzene rings is 1. The van der Waals surface area contributed by atoms with Gasteiger partial charge in [-0.15, -0.1) is 6.42 Å². The van der Waals surface area contributed by atoms with Gasteiger partial charge in [0.1, 0.15) is 12.7 Å². The van der Waals surface area contributed by atoms with Gasteiger partial charge in [0, 0.05) is 6.54 Å². The van der Waals surface area contributed by atoms with Gasteiger partial charge in [0.2, 0.25) is 0 Å². The van der Waals surface area contributed by atoms with Crippen LogP contribution < -0.4 is 10.1 Å². The Labute approximate surface area is 107 Å². The number of hydrogen-bond acceptors (Lipinski definition) is 3. The highest BCUT2D eigenvalue weighted by Crippen LogP contribution is 2.15. The molecule has 0 saturated heterocycles. The lowest BCUT2D eigenvalue weighted by Crippen LogP contribution is -2.37.